The van der Waals surface area contributed by atoms with Crippen LogP contribution in [0.25, 0.3) is 20.8 Å². The van der Waals surface area contributed by atoms with E-state index in [1.54, 1.807) is 18.4 Å². The van der Waals surface area contributed by atoms with E-state index in [1.165, 1.54) is 0 Å². The Hall–Kier alpha value is -2.07. The monoisotopic (exact) mass is 270 g/mol. The van der Waals surface area contributed by atoms with Crippen LogP contribution >= 0.6 is 11.3 Å². The lowest BCUT2D eigenvalue weighted by Crippen LogP contribution is -1.89. The van der Waals surface area contributed by atoms with Crippen LogP contribution in [0.2, 0.25) is 0 Å². The molecule has 0 amide bonds. The Kier molecular flexibility index (Phi) is 2.87. The predicted molar refractivity (Wildman–Crippen MR) is 80.8 cm³/mol. The van der Waals surface area contributed by atoms with Crippen molar-refractivity contribution in [2.45, 2.75) is 6.92 Å². The zero-order valence-corrected chi connectivity index (χ0v) is 11.6. The molecule has 3 nitrogen and oxygen atoms in total. The van der Waals surface area contributed by atoms with Gasteiger partial charge in [-0.05, 0) is 36.8 Å². The fourth-order valence-electron chi connectivity index (χ4n) is 1.93. The van der Waals surface area contributed by atoms with Crippen LogP contribution in [0.15, 0.2) is 36.4 Å². The van der Waals surface area contributed by atoms with Gasteiger partial charge in [0.1, 0.15) is 10.8 Å². The van der Waals surface area contributed by atoms with Crippen LogP contribution in [-0.4, -0.2) is 12.1 Å². The second kappa shape index (κ2) is 4.55. The zero-order valence-electron chi connectivity index (χ0n) is 10.8. The first kappa shape index (κ1) is 12.0. The van der Waals surface area contributed by atoms with Crippen molar-refractivity contribution in [3.63, 3.8) is 0 Å². The second-order valence-electron chi connectivity index (χ2n) is 4.42. The highest BCUT2D eigenvalue weighted by Gasteiger charge is 2.08. The van der Waals surface area contributed by atoms with Crippen LogP contribution in [0.1, 0.15) is 5.56 Å². The number of rotatable bonds is 2. The maximum Gasteiger partial charge on any atom is 0.124 e. The summed E-state index contributed by atoms with van der Waals surface area (Å²) in [4.78, 5) is 4.64. The number of nitrogens with zero attached hydrogens (tertiary/aromatic N) is 1. The van der Waals surface area contributed by atoms with Gasteiger partial charge in [-0.25, -0.2) is 4.98 Å². The number of ether oxygens (including phenoxy) is 1. The number of methoxy groups -OCH3 is 1. The summed E-state index contributed by atoms with van der Waals surface area (Å²) < 4.78 is 6.35. The van der Waals surface area contributed by atoms with E-state index < -0.39 is 0 Å². The van der Waals surface area contributed by atoms with Gasteiger partial charge >= 0.3 is 0 Å². The predicted octanol–water partition coefficient (Wildman–Crippen LogP) is 3.86. The van der Waals surface area contributed by atoms with Gasteiger partial charge in [0.05, 0.1) is 17.3 Å². The Bertz CT molecular complexity index is 749. The van der Waals surface area contributed by atoms with Crippen molar-refractivity contribution in [1.82, 2.24) is 4.98 Å². The molecular weight excluding hydrogens is 256 g/mol. The molecule has 2 N–H and O–H groups in total. The minimum Gasteiger partial charge on any atom is -0.497 e. The van der Waals surface area contributed by atoms with Crippen molar-refractivity contribution in [2.24, 2.45) is 0 Å². The highest BCUT2D eigenvalue weighted by atomic mass is 32.1. The second-order valence-corrected chi connectivity index (χ2v) is 5.45. The van der Waals surface area contributed by atoms with E-state index in [9.17, 15) is 0 Å². The Morgan fingerprint density at radius 3 is 2.74 bits per heavy atom. The summed E-state index contributed by atoms with van der Waals surface area (Å²) in [5, 5.41) is 0.981. The summed E-state index contributed by atoms with van der Waals surface area (Å²) in [5.74, 6) is 0.853. The smallest absolute Gasteiger partial charge is 0.124 e. The summed E-state index contributed by atoms with van der Waals surface area (Å²) in [5.41, 5.74) is 9.89. The van der Waals surface area contributed by atoms with E-state index in [0.717, 1.165) is 37.8 Å². The van der Waals surface area contributed by atoms with Crippen molar-refractivity contribution >= 4 is 27.2 Å². The van der Waals surface area contributed by atoms with E-state index in [-0.39, 0.29) is 0 Å². The summed E-state index contributed by atoms with van der Waals surface area (Å²) >= 11 is 1.65. The number of nitrogens with two attached hydrogens (primary N) is 1. The molecule has 0 atom stereocenters. The minimum atomic E-state index is 0.800. The molecule has 0 aliphatic carbocycles. The summed E-state index contributed by atoms with van der Waals surface area (Å²) in [6.45, 7) is 2.00. The number of benzene rings is 2. The van der Waals surface area contributed by atoms with Gasteiger partial charge in [-0.15, -0.1) is 11.3 Å². The molecule has 0 aliphatic rings. The molecule has 1 heterocycles. The molecule has 0 unspecified atom stereocenters. The lowest BCUT2D eigenvalue weighted by molar-refractivity contribution is 0.415. The number of nitrogen functional groups attached to an aromatic ring is 1. The number of thiazole rings is 1. The van der Waals surface area contributed by atoms with Crippen molar-refractivity contribution in [3.8, 4) is 16.3 Å². The minimum absolute atomic E-state index is 0.800. The maximum absolute atomic E-state index is 5.95. The highest BCUT2D eigenvalue weighted by molar-refractivity contribution is 7.21. The fraction of sp³-hybridized carbons (Fsp3) is 0.133. The number of fused-ring (bicyclic) bond motifs is 1. The van der Waals surface area contributed by atoms with Crippen molar-refractivity contribution < 1.29 is 4.74 Å². The van der Waals surface area contributed by atoms with Crippen molar-refractivity contribution in [3.05, 3.63) is 42.0 Å². The summed E-state index contributed by atoms with van der Waals surface area (Å²) in [7, 11) is 1.67. The molecule has 0 bridgehead atoms. The van der Waals surface area contributed by atoms with Crippen LogP contribution in [0, 0.1) is 6.92 Å². The summed E-state index contributed by atoms with van der Waals surface area (Å²) in [6, 6.07) is 12.0. The molecule has 0 radical (unpaired) electrons. The third-order valence-electron chi connectivity index (χ3n) is 3.12. The fourth-order valence-corrected chi connectivity index (χ4v) is 2.92. The first-order valence-corrected chi connectivity index (χ1v) is 6.80. The molecule has 96 valence electrons. The highest BCUT2D eigenvalue weighted by Crippen LogP contribution is 2.33. The Balaban J connectivity index is 2.11. The molecule has 3 aromatic rings. The lowest BCUT2D eigenvalue weighted by atomic mass is 10.1. The van der Waals surface area contributed by atoms with Crippen molar-refractivity contribution in [2.75, 3.05) is 12.8 Å². The Morgan fingerprint density at radius 1 is 1.16 bits per heavy atom. The molecule has 0 saturated carbocycles. The third kappa shape index (κ3) is 2.15. The normalized spacial score (nSPS) is 10.8. The maximum atomic E-state index is 5.95. The average molecular weight is 270 g/mol. The Labute approximate surface area is 115 Å². The topological polar surface area (TPSA) is 48.1 Å². The first-order valence-electron chi connectivity index (χ1n) is 5.98. The third-order valence-corrected chi connectivity index (χ3v) is 4.19. The summed E-state index contributed by atoms with van der Waals surface area (Å²) in [6.07, 6.45) is 0. The number of hydrogen-bond donors (Lipinski definition) is 1. The number of aryl methyl sites for hydroxylation is 1. The molecule has 3 rings (SSSR count). The SMILES string of the molecule is COc1ccc2nc(-c3ccc(C)c(N)c3)sc2c1. The van der Waals surface area contributed by atoms with E-state index in [1.807, 2.05) is 37.3 Å². The average Bonchev–Trinajstić information content (AvgIpc) is 2.84. The van der Waals surface area contributed by atoms with Crippen LogP contribution in [-0.2, 0) is 0 Å². The van der Waals surface area contributed by atoms with Gasteiger partial charge in [0.2, 0.25) is 0 Å². The van der Waals surface area contributed by atoms with Gasteiger partial charge in [-0.2, -0.15) is 0 Å². The number of anilines is 1. The van der Waals surface area contributed by atoms with E-state index >= 15 is 0 Å². The molecule has 4 heteroatoms. The van der Waals surface area contributed by atoms with E-state index in [0.29, 0.717) is 0 Å². The van der Waals surface area contributed by atoms with Crippen LogP contribution in [0.4, 0.5) is 5.69 Å². The standard InChI is InChI=1S/C15H14N2OS/c1-9-3-4-10(7-12(9)16)15-17-13-6-5-11(18-2)8-14(13)19-15/h3-8H,16H2,1-2H3. The van der Waals surface area contributed by atoms with Crippen molar-refractivity contribution in [1.29, 1.82) is 0 Å². The molecule has 2 aromatic carbocycles. The van der Waals surface area contributed by atoms with Crippen LogP contribution in [0.3, 0.4) is 0 Å². The molecule has 19 heavy (non-hydrogen) atoms. The molecular formula is C15H14N2OS. The van der Waals surface area contributed by atoms with Gasteiger partial charge in [-0.1, -0.05) is 12.1 Å². The van der Waals surface area contributed by atoms with Crippen LogP contribution < -0.4 is 10.5 Å². The number of hydrogen-bond acceptors (Lipinski definition) is 4. The molecule has 1 aromatic heterocycles. The van der Waals surface area contributed by atoms with E-state index in [4.69, 9.17) is 10.5 Å². The molecule has 0 spiro atoms. The molecule has 0 fully saturated rings. The molecule has 0 aliphatic heterocycles. The first-order chi connectivity index (χ1) is 9.17. The lowest BCUT2D eigenvalue weighted by Gasteiger charge is -2.01. The molecule has 0 saturated heterocycles. The van der Waals surface area contributed by atoms with Gasteiger partial charge in [0.25, 0.3) is 0 Å². The van der Waals surface area contributed by atoms with Crippen LogP contribution in [0.5, 0.6) is 5.75 Å². The number of aromatic nitrogens is 1. The van der Waals surface area contributed by atoms with E-state index in [2.05, 4.69) is 11.1 Å². The van der Waals surface area contributed by atoms with Gasteiger partial charge in [0, 0.05) is 11.3 Å². The van der Waals surface area contributed by atoms with Gasteiger partial charge in [-0.3, -0.25) is 0 Å². The largest absolute Gasteiger partial charge is 0.497 e. The Morgan fingerprint density at radius 2 is 2.00 bits per heavy atom. The zero-order chi connectivity index (χ0) is 13.4. The van der Waals surface area contributed by atoms with Gasteiger partial charge in [0.15, 0.2) is 0 Å². The quantitative estimate of drug-likeness (QED) is 0.719. The van der Waals surface area contributed by atoms with Gasteiger partial charge < -0.3 is 10.5 Å².